The largest absolute Gasteiger partial charge is 0.469 e. The lowest BCUT2D eigenvalue weighted by atomic mass is 10.1. The summed E-state index contributed by atoms with van der Waals surface area (Å²) in [6.07, 6.45) is -0.0611. The van der Waals surface area contributed by atoms with Crippen LogP contribution in [0.1, 0.15) is 5.56 Å². The zero-order valence-corrected chi connectivity index (χ0v) is 8.82. The molecule has 14 heavy (non-hydrogen) atoms. The molecule has 1 rings (SSSR count). The normalized spacial score (nSPS) is 10.0. The van der Waals surface area contributed by atoms with Crippen LogP contribution in [0.25, 0.3) is 0 Å². The highest BCUT2D eigenvalue weighted by Gasteiger charge is 2.12. The molecule has 0 spiro atoms. The van der Waals surface area contributed by atoms with Gasteiger partial charge in [0.05, 0.1) is 13.5 Å². The number of rotatable bonds is 2. The number of methoxy groups -OCH3 is 1. The van der Waals surface area contributed by atoms with E-state index in [0.29, 0.717) is 5.56 Å². The van der Waals surface area contributed by atoms with Gasteiger partial charge in [0.25, 0.3) is 0 Å². The van der Waals surface area contributed by atoms with Crippen LogP contribution in [0.4, 0.5) is 4.39 Å². The van der Waals surface area contributed by atoms with E-state index in [1.54, 1.807) is 0 Å². The second-order valence-corrected chi connectivity index (χ2v) is 3.42. The molecule has 76 valence electrons. The molecule has 0 aliphatic rings. The van der Waals surface area contributed by atoms with Gasteiger partial charge in [-0.2, -0.15) is 0 Å². The summed E-state index contributed by atoms with van der Waals surface area (Å²) < 4.78 is 17.2. The zero-order valence-electron chi connectivity index (χ0n) is 7.31. The molecule has 0 fully saturated rings. The Labute approximate surface area is 90.6 Å². The Kier molecular flexibility index (Phi) is 3.72. The van der Waals surface area contributed by atoms with E-state index >= 15 is 0 Å². The first kappa shape index (κ1) is 11.3. The fourth-order valence-corrected chi connectivity index (χ4v) is 1.55. The zero-order chi connectivity index (χ0) is 10.7. The second kappa shape index (κ2) is 4.62. The molecule has 0 aliphatic heterocycles. The Morgan fingerprint density at radius 3 is 2.36 bits per heavy atom. The first-order chi connectivity index (χ1) is 6.54. The summed E-state index contributed by atoms with van der Waals surface area (Å²) in [4.78, 5) is 10.9. The van der Waals surface area contributed by atoms with E-state index in [-0.39, 0.29) is 16.5 Å². The molecule has 0 saturated heterocycles. The topological polar surface area (TPSA) is 26.3 Å². The smallest absolute Gasteiger partial charge is 0.310 e. The summed E-state index contributed by atoms with van der Waals surface area (Å²) in [7, 11) is 1.26. The Morgan fingerprint density at radius 1 is 1.43 bits per heavy atom. The highest BCUT2D eigenvalue weighted by Crippen LogP contribution is 2.26. The summed E-state index contributed by atoms with van der Waals surface area (Å²) in [6.45, 7) is 0. The van der Waals surface area contributed by atoms with Gasteiger partial charge < -0.3 is 4.74 Å². The van der Waals surface area contributed by atoms with Crippen LogP contribution in [0.5, 0.6) is 0 Å². The third-order valence-corrected chi connectivity index (χ3v) is 2.33. The van der Waals surface area contributed by atoms with Gasteiger partial charge in [0, 0.05) is 15.6 Å². The molecule has 0 unspecified atom stereocenters. The van der Waals surface area contributed by atoms with Crippen molar-refractivity contribution in [2.75, 3.05) is 7.11 Å². The van der Waals surface area contributed by atoms with Crippen LogP contribution in [0.2, 0.25) is 10.0 Å². The van der Waals surface area contributed by atoms with Crippen molar-refractivity contribution in [3.05, 3.63) is 33.6 Å². The molecule has 0 bridgehead atoms. The highest BCUT2D eigenvalue weighted by molar-refractivity contribution is 6.36. The highest BCUT2D eigenvalue weighted by atomic mass is 35.5. The maximum atomic E-state index is 12.7. The lowest BCUT2D eigenvalue weighted by Gasteiger charge is -2.05. The third-order valence-electron chi connectivity index (χ3n) is 1.65. The van der Waals surface area contributed by atoms with Gasteiger partial charge in [-0.1, -0.05) is 23.2 Å². The van der Waals surface area contributed by atoms with Crippen LogP contribution in [0.15, 0.2) is 12.1 Å². The predicted octanol–water partition coefficient (Wildman–Crippen LogP) is 2.85. The van der Waals surface area contributed by atoms with Crippen LogP contribution < -0.4 is 0 Å². The minimum atomic E-state index is -0.534. The fourth-order valence-electron chi connectivity index (χ4n) is 0.957. The number of ether oxygens (including phenoxy) is 1. The SMILES string of the molecule is COC(=O)Cc1c(Cl)cc(F)cc1Cl. The van der Waals surface area contributed by atoms with Gasteiger partial charge in [0.1, 0.15) is 5.82 Å². The van der Waals surface area contributed by atoms with Gasteiger partial charge >= 0.3 is 5.97 Å². The summed E-state index contributed by atoms with van der Waals surface area (Å²) in [6, 6.07) is 2.21. The molecule has 0 amide bonds. The number of hydrogen-bond acceptors (Lipinski definition) is 2. The number of esters is 1. The minimum absolute atomic E-state index is 0.0611. The molecular weight excluding hydrogens is 230 g/mol. The molecular formula is C9H7Cl2FO2. The van der Waals surface area contributed by atoms with E-state index in [4.69, 9.17) is 23.2 Å². The van der Waals surface area contributed by atoms with Crippen molar-refractivity contribution in [1.82, 2.24) is 0 Å². The van der Waals surface area contributed by atoms with E-state index in [1.807, 2.05) is 0 Å². The van der Waals surface area contributed by atoms with Crippen LogP contribution in [-0.4, -0.2) is 13.1 Å². The third kappa shape index (κ3) is 2.59. The fraction of sp³-hybridized carbons (Fsp3) is 0.222. The molecule has 0 aliphatic carbocycles. The Balaban J connectivity index is 3.02. The molecule has 0 aromatic heterocycles. The molecule has 1 aromatic carbocycles. The van der Waals surface area contributed by atoms with Crippen LogP contribution in [-0.2, 0) is 16.0 Å². The van der Waals surface area contributed by atoms with Gasteiger partial charge in [-0.3, -0.25) is 4.79 Å². The summed E-state index contributed by atoms with van der Waals surface area (Å²) >= 11 is 11.4. The molecule has 0 saturated carbocycles. The molecule has 0 N–H and O–H groups in total. The van der Waals surface area contributed by atoms with Crippen molar-refractivity contribution in [3.8, 4) is 0 Å². The van der Waals surface area contributed by atoms with Crippen molar-refractivity contribution < 1.29 is 13.9 Å². The summed E-state index contributed by atoms with van der Waals surface area (Å²) in [5.74, 6) is -1.01. The van der Waals surface area contributed by atoms with Crippen LogP contribution in [0.3, 0.4) is 0 Å². The Morgan fingerprint density at radius 2 is 1.93 bits per heavy atom. The number of carbonyl (C=O) groups is 1. The van der Waals surface area contributed by atoms with Crippen molar-refractivity contribution in [3.63, 3.8) is 0 Å². The van der Waals surface area contributed by atoms with Crippen molar-refractivity contribution in [2.45, 2.75) is 6.42 Å². The minimum Gasteiger partial charge on any atom is -0.469 e. The Bertz CT molecular complexity index is 343. The number of halogens is 3. The van der Waals surface area contributed by atoms with Gasteiger partial charge in [-0.25, -0.2) is 4.39 Å². The molecule has 0 atom stereocenters. The average Bonchev–Trinajstić information content (AvgIpc) is 2.10. The van der Waals surface area contributed by atoms with E-state index < -0.39 is 11.8 Å². The monoisotopic (exact) mass is 236 g/mol. The molecule has 1 aromatic rings. The molecule has 0 heterocycles. The van der Waals surface area contributed by atoms with E-state index in [0.717, 1.165) is 12.1 Å². The summed E-state index contributed by atoms with van der Waals surface area (Å²) in [5.41, 5.74) is 0.376. The Hall–Kier alpha value is -0.800. The lowest BCUT2D eigenvalue weighted by molar-refractivity contribution is -0.139. The van der Waals surface area contributed by atoms with Gasteiger partial charge in [-0.05, 0) is 12.1 Å². The molecule has 0 radical (unpaired) electrons. The quantitative estimate of drug-likeness (QED) is 0.739. The van der Waals surface area contributed by atoms with E-state index in [2.05, 4.69) is 4.74 Å². The summed E-state index contributed by atoms with van der Waals surface area (Å²) in [5, 5.41) is 0.251. The first-order valence-electron chi connectivity index (χ1n) is 3.75. The van der Waals surface area contributed by atoms with Crippen molar-refractivity contribution in [1.29, 1.82) is 0 Å². The first-order valence-corrected chi connectivity index (χ1v) is 4.50. The van der Waals surface area contributed by atoms with Gasteiger partial charge in [0.15, 0.2) is 0 Å². The van der Waals surface area contributed by atoms with Crippen LogP contribution in [0, 0.1) is 5.82 Å². The maximum absolute atomic E-state index is 12.7. The van der Waals surface area contributed by atoms with Gasteiger partial charge in [-0.15, -0.1) is 0 Å². The maximum Gasteiger partial charge on any atom is 0.310 e. The standard InChI is InChI=1S/C9H7Cl2FO2/c1-14-9(13)4-6-7(10)2-5(12)3-8(6)11/h2-3H,4H2,1H3. The van der Waals surface area contributed by atoms with E-state index in [1.165, 1.54) is 7.11 Å². The number of carbonyl (C=O) groups excluding carboxylic acids is 1. The predicted molar refractivity (Wildman–Crippen MR) is 52.1 cm³/mol. The van der Waals surface area contributed by atoms with E-state index in [9.17, 15) is 9.18 Å². The number of hydrogen-bond donors (Lipinski definition) is 0. The lowest BCUT2D eigenvalue weighted by Crippen LogP contribution is -2.05. The average molecular weight is 237 g/mol. The number of benzene rings is 1. The van der Waals surface area contributed by atoms with Crippen molar-refractivity contribution in [2.24, 2.45) is 0 Å². The molecule has 5 heteroatoms. The van der Waals surface area contributed by atoms with Gasteiger partial charge in [0.2, 0.25) is 0 Å². The van der Waals surface area contributed by atoms with Crippen LogP contribution >= 0.6 is 23.2 Å². The molecule has 2 nitrogen and oxygen atoms in total. The van der Waals surface area contributed by atoms with Crippen molar-refractivity contribution >= 4 is 29.2 Å². The second-order valence-electron chi connectivity index (χ2n) is 2.60.